The van der Waals surface area contributed by atoms with Crippen LogP contribution in [0.3, 0.4) is 0 Å². The summed E-state index contributed by atoms with van der Waals surface area (Å²) >= 11 is 0. The van der Waals surface area contributed by atoms with Crippen LogP contribution >= 0.6 is 0 Å². The molecular formula is C18H25N3O4. The number of nitrogens with one attached hydrogen (secondary N) is 1. The third-order valence-corrected chi connectivity index (χ3v) is 4.62. The Morgan fingerprint density at radius 3 is 2.68 bits per heavy atom. The van der Waals surface area contributed by atoms with Crippen molar-refractivity contribution in [2.24, 2.45) is 0 Å². The number of benzene rings is 1. The van der Waals surface area contributed by atoms with Crippen molar-refractivity contribution < 1.29 is 19.1 Å². The van der Waals surface area contributed by atoms with Crippen LogP contribution in [-0.2, 0) is 14.3 Å². The van der Waals surface area contributed by atoms with E-state index in [1.807, 2.05) is 30.0 Å². The first-order valence-corrected chi connectivity index (χ1v) is 8.71. The van der Waals surface area contributed by atoms with Gasteiger partial charge in [-0.25, -0.2) is 0 Å². The number of morpholine rings is 1. The van der Waals surface area contributed by atoms with Crippen LogP contribution in [0.1, 0.15) is 19.8 Å². The van der Waals surface area contributed by atoms with Gasteiger partial charge in [-0.15, -0.1) is 0 Å². The molecule has 2 saturated heterocycles. The van der Waals surface area contributed by atoms with E-state index >= 15 is 0 Å². The average Bonchev–Trinajstić information content (AvgIpc) is 3.07. The van der Waals surface area contributed by atoms with Crippen LogP contribution in [0, 0.1) is 0 Å². The molecule has 2 amide bonds. The number of hydrogen-bond donors (Lipinski definition) is 1. The number of methoxy groups -OCH3 is 1. The van der Waals surface area contributed by atoms with Gasteiger partial charge in [-0.1, -0.05) is 0 Å². The van der Waals surface area contributed by atoms with Gasteiger partial charge in [0.1, 0.15) is 11.8 Å². The van der Waals surface area contributed by atoms with Crippen molar-refractivity contribution in [3.8, 4) is 5.75 Å². The Morgan fingerprint density at radius 2 is 2.04 bits per heavy atom. The first kappa shape index (κ1) is 17.5. The highest BCUT2D eigenvalue weighted by molar-refractivity contribution is 5.97. The standard InChI is InChI=1S/C18H25N3O4/c1-13(18(23)20-8-10-25-11-9-20)19-14-5-6-15(16(12-14)24-2)21-7-3-4-17(21)22/h5-6,12-13,19H,3-4,7-11H2,1-2H3. The number of amides is 2. The quantitative estimate of drug-likeness (QED) is 0.874. The molecule has 2 heterocycles. The van der Waals surface area contributed by atoms with Gasteiger partial charge in [0, 0.05) is 37.8 Å². The molecule has 7 nitrogen and oxygen atoms in total. The number of nitrogens with zero attached hydrogens (tertiary/aromatic N) is 2. The molecule has 0 saturated carbocycles. The van der Waals surface area contributed by atoms with Gasteiger partial charge in [-0.05, 0) is 25.5 Å². The first-order valence-electron chi connectivity index (χ1n) is 8.71. The Labute approximate surface area is 147 Å². The van der Waals surface area contributed by atoms with Crippen molar-refractivity contribution in [1.29, 1.82) is 0 Å². The Balaban J connectivity index is 1.70. The zero-order valence-corrected chi connectivity index (χ0v) is 14.8. The number of carbonyl (C=O) groups is 2. The van der Waals surface area contributed by atoms with E-state index in [-0.39, 0.29) is 17.9 Å². The fraction of sp³-hybridized carbons (Fsp3) is 0.556. The van der Waals surface area contributed by atoms with Crippen LogP contribution in [0.5, 0.6) is 5.75 Å². The maximum Gasteiger partial charge on any atom is 0.244 e. The normalized spacial score (nSPS) is 19.0. The maximum absolute atomic E-state index is 12.5. The van der Waals surface area contributed by atoms with E-state index in [0.29, 0.717) is 45.0 Å². The second kappa shape index (κ2) is 7.74. The van der Waals surface area contributed by atoms with Crippen molar-refractivity contribution in [3.05, 3.63) is 18.2 Å². The zero-order valence-electron chi connectivity index (χ0n) is 14.8. The summed E-state index contributed by atoms with van der Waals surface area (Å²) in [7, 11) is 1.59. The van der Waals surface area contributed by atoms with Crippen molar-refractivity contribution in [2.75, 3.05) is 50.2 Å². The summed E-state index contributed by atoms with van der Waals surface area (Å²) in [5.74, 6) is 0.808. The van der Waals surface area contributed by atoms with Gasteiger partial charge in [0.25, 0.3) is 0 Å². The molecule has 3 rings (SSSR count). The van der Waals surface area contributed by atoms with Crippen LogP contribution in [0.15, 0.2) is 18.2 Å². The highest BCUT2D eigenvalue weighted by Crippen LogP contribution is 2.34. The minimum Gasteiger partial charge on any atom is -0.494 e. The number of carbonyl (C=O) groups excluding carboxylic acids is 2. The first-order chi connectivity index (χ1) is 12.1. The Bertz CT molecular complexity index is 643. The molecule has 1 aromatic carbocycles. The lowest BCUT2D eigenvalue weighted by Gasteiger charge is -2.30. The van der Waals surface area contributed by atoms with Crippen LogP contribution in [0.25, 0.3) is 0 Å². The molecule has 0 aliphatic carbocycles. The molecule has 136 valence electrons. The maximum atomic E-state index is 12.5. The lowest BCUT2D eigenvalue weighted by molar-refractivity contribution is -0.135. The molecule has 2 aliphatic rings. The van der Waals surface area contributed by atoms with Gasteiger partial charge in [-0.2, -0.15) is 0 Å². The summed E-state index contributed by atoms with van der Waals surface area (Å²) in [5, 5.41) is 3.23. The van der Waals surface area contributed by atoms with Gasteiger partial charge in [0.05, 0.1) is 26.0 Å². The molecule has 0 bridgehead atoms. The smallest absolute Gasteiger partial charge is 0.244 e. The molecule has 7 heteroatoms. The number of hydrogen-bond acceptors (Lipinski definition) is 5. The van der Waals surface area contributed by atoms with Crippen LogP contribution in [0.2, 0.25) is 0 Å². The van der Waals surface area contributed by atoms with E-state index in [0.717, 1.165) is 17.8 Å². The Morgan fingerprint density at radius 1 is 1.28 bits per heavy atom. The minimum absolute atomic E-state index is 0.0565. The van der Waals surface area contributed by atoms with Crippen LogP contribution in [0.4, 0.5) is 11.4 Å². The van der Waals surface area contributed by atoms with E-state index in [1.54, 1.807) is 12.0 Å². The SMILES string of the molecule is COc1cc(NC(C)C(=O)N2CCOCC2)ccc1N1CCCC1=O. The minimum atomic E-state index is -0.345. The predicted octanol–water partition coefficient (Wildman–Crippen LogP) is 1.48. The molecular weight excluding hydrogens is 322 g/mol. The van der Waals surface area contributed by atoms with Crippen molar-refractivity contribution >= 4 is 23.2 Å². The number of rotatable bonds is 5. The largest absolute Gasteiger partial charge is 0.494 e. The van der Waals surface area contributed by atoms with Gasteiger partial charge < -0.3 is 24.6 Å². The van der Waals surface area contributed by atoms with Gasteiger partial charge in [0.15, 0.2) is 0 Å². The summed E-state index contributed by atoms with van der Waals surface area (Å²) in [6.07, 6.45) is 1.45. The van der Waals surface area contributed by atoms with Gasteiger partial charge in [0.2, 0.25) is 11.8 Å². The lowest BCUT2D eigenvalue weighted by atomic mass is 10.2. The summed E-state index contributed by atoms with van der Waals surface area (Å²) < 4.78 is 10.7. The predicted molar refractivity (Wildman–Crippen MR) is 95.1 cm³/mol. The molecule has 2 fully saturated rings. The summed E-state index contributed by atoms with van der Waals surface area (Å²) in [4.78, 5) is 28.0. The fourth-order valence-electron chi connectivity index (χ4n) is 3.26. The third kappa shape index (κ3) is 3.87. The van der Waals surface area contributed by atoms with E-state index in [2.05, 4.69) is 5.32 Å². The Kier molecular flexibility index (Phi) is 5.43. The van der Waals surface area contributed by atoms with E-state index in [9.17, 15) is 9.59 Å². The van der Waals surface area contributed by atoms with Crippen molar-refractivity contribution in [2.45, 2.75) is 25.8 Å². The molecule has 1 unspecified atom stereocenters. The second-order valence-electron chi connectivity index (χ2n) is 6.34. The fourth-order valence-corrected chi connectivity index (χ4v) is 3.26. The zero-order chi connectivity index (χ0) is 17.8. The van der Waals surface area contributed by atoms with E-state index < -0.39 is 0 Å². The molecule has 1 aromatic rings. The molecule has 0 aromatic heterocycles. The molecule has 1 N–H and O–H groups in total. The van der Waals surface area contributed by atoms with Gasteiger partial charge in [-0.3, -0.25) is 9.59 Å². The van der Waals surface area contributed by atoms with Crippen molar-refractivity contribution in [3.63, 3.8) is 0 Å². The van der Waals surface area contributed by atoms with Crippen molar-refractivity contribution in [1.82, 2.24) is 4.90 Å². The van der Waals surface area contributed by atoms with E-state index in [4.69, 9.17) is 9.47 Å². The molecule has 2 aliphatic heterocycles. The molecule has 25 heavy (non-hydrogen) atoms. The number of ether oxygens (including phenoxy) is 2. The third-order valence-electron chi connectivity index (χ3n) is 4.62. The lowest BCUT2D eigenvalue weighted by Crippen LogP contribution is -2.47. The monoisotopic (exact) mass is 347 g/mol. The topological polar surface area (TPSA) is 71.1 Å². The summed E-state index contributed by atoms with van der Waals surface area (Å²) in [6, 6.07) is 5.24. The van der Waals surface area contributed by atoms with E-state index in [1.165, 1.54) is 0 Å². The van der Waals surface area contributed by atoms with Gasteiger partial charge >= 0.3 is 0 Å². The summed E-state index contributed by atoms with van der Waals surface area (Å²) in [6.45, 7) is 5.00. The van der Waals surface area contributed by atoms with Crippen LogP contribution < -0.4 is 15.0 Å². The average molecular weight is 347 g/mol. The van der Waals surface area contributed by atoms with Crippen LogP contribution in [-0.4, -0.2) is 62.7 Å². The Hall–Kier alpha value is -2.28. The highest BCUT2D eigenvalue weighted by Gasteiger charge is 2.25. The second-order valence-corrected chi connectivity index (χ2v) is 6.34. The highest BCUT2D eigenvalue weighted by atomic mass is 16.5. The molecule has 0 spiro atoms. The molecule has 0 radical (unpaired) electrons. The number of anilines is 2. The summed E-state index contributed by atoms with van der Waals surface area (Å²) in [5.41, 5.74) is 1.57. The molecule has 1 atom stereocenters.